The molecule has 1 fully saturated rings. The third-order valence-electron chi connectivity index (χ3n) is 2.19. The third-order valence-corrected chi connectivity index (χ3v) is 2.88. The second-order valence-electron chi connectivity index (χ2n) is 3.30. The van der Waals surface area contributed by atoms with Crippen molar-refractivity contribution in [2.24, 2.45) is 0 Å². The fourth-order valence-corrected chi connectivity index (χ4v) is 2.08. The van der Waals surface area contributed by atoms with Gasteiger partial charge in [0.05, 0.1) is 12.3 Å². The van der Waals surface area contributed by atoms with Crippen LogP contribution in [0.2, 0.25) is 0 Å². The van der Waals surface area contributed by atoms with Crippen LogP contribution in [0.25, 0.3) is 0 Å². The number of nitrogen functional groups attached to an aromatic ring is 1. The summed E-state index contributed by atoms with van der Waals surface area (Å²) in [7, 11) is 0. The van der Waals surface area contributed by atoms with Crippen LogP contribution in [0.5, 0.6) is 0 Å². The average molecular weight is 212 g/mol. The zero-order chi connectivity index (χ0) is 10.1. The molecule has 2 rings (SSSR count). The topological polar surface area (TPSA) is 65.2 Å². The highest BCUT2D eigenvalue weighted by Gasteiger charge is 2.32. The van der Waals surface area contributed by atoms with E-state index in [9.17, 15) is 4.79 Å². The first-order valence-corrected chi connectivity index (χ1v) is 5.43. The largest absolute Gasteiger partial charge is 0.462 e. The van der Waals surface area contributed by atoms with Crippen molar-refractivity contribution in [3.8, 4) is 0 Å². The fraction of sp³-hybridized carbons (Fsp3) is 0.556. The van der Waals surface area contributed by atoms with Crippen LogP contribution < -0.4 is 5.73 Å². The normalized spacial score (nSPS) is 15.5. The third kappa shape index (κ3) is 1.59. The monoisotopic (exact) mass is 212 g/mol. The minimum Gasteiger partial charge on any atom is -0.462 e. The molecule has 0 atom stereocenters. The molecule has 0 amide bonds. The Morgan fingerprint density at radius 1 is 1.71 bits per heavy atom. The van der Waals surface area contributed by atoms with E-state index in [0.717, 1.165) is 18.5 Å². The number of esters is 1. The van der Waals surface area contributed by atoms with Gasteiger partial charge in [-0.1, -0.05) is 0 Å². The van der Waals surface area contributed by atoms with E-state index in [1.807, 2.05) is 0 Å². The van der Waals surface area contributed by atoms with Crippen molar-refractivity contribution >= 4 is 22.5 Å². The van der Waals surface area contributed by atoms with Crippen LogP contribution in [0.3, 0.4) is 0 Å². The van der Waals surface area contributed by atoms with E-state index in [1.165, 1.54) is 11.5 Å². The van der Waals surface area contributed by atoms with Crippen molar-refractivity contribution in [3.05, 3.63) is 11.3 Å². The number of hydrogen-bond acceptors (Lipinski definition) is 5. The second-order valence-corrected chi connectivity index (χ2v) is 4.11. The lowest BCUT2D eigenvalue weighted by Crippen LogP contribution is -2.08. The van der Waals surface area contributed by atoms with Crippen molar-refractivity contribution in [1.29, 1.82) is 0 Å². The van der Waals surface area contributed by atoms with Gasteiger partial charge in [0.1, 0.15) is 10.6 Å². The Morgan fingerprint density at radius 3 is 3.00 bits per heavy atom. The molecular formula is C9H12N2O2S. The van der Waals surface area contributed by atoms with Gasteiger partial charge >= 0.3 is 5.97 Å². The van der Waals surface area contributed by atoms with Crippen molar-refractivity contribution < 1.29 is 9.53 Å². The first kappa shape index (κ1) is 9.45. The van der Waals surface area contributed by atoms with E-state index < -0.39 is 0 Å². The number of carbonyl (C=O) groups is 1. The number of ether oxygens (including phenoxy) is 1. The predicted molar refractivity (Wildman–Crippen MR) is 54.5 cm³/mol. The summed E-state index contributed by atoms with van der Waals surface area (Å²) in [5.74, 6) is 0.101. The molecule has 1 aromatic rings. The summed E-state index contributed by atoms with van der Waals surface area (Å²) >= 11 is 1.18. The van der Waals surface area contributed by atoms with Gasteiger partial charge in [-0.05, 0) is 31.3 Å². The number of carbonyl (C=O) groups excluding carboxylic acids is 1. The molecule has 0 unspecified atom stereocenters. The Balaban J connectivity index is 2.29. The number of rotatable bonds is 3. The van der Waals surface area contributed by atoms with Crippen LogP contribution in [0.15, 0.2) is 0 Å². The molecule has 0 radical (unpaired) electrons. The number of hydrogen-bond donors (Lipinski definition) is 1. The molecule has 5 heteroatoms. The van der Waals surface area contributed by atoms with Gasteiger partial charge in [-0.25, -0.2) is 4.79 Å². The number of nitrogens with zero attached hydrogens (tertiary/aromatic N) is 1. The highest BCUT2D eigenvalue weighted by atomic mass is 32.1. The van der Waals surface area contributed by atoms with Gasteiger partial charge in [0.25, 0.3) is 0 Å². The molecule has 1 aliphatic carbocycles. The Morgan fingerprint density at radius 2 is 2.43 bits per heavy atom. The summed E-state index contributed by atoms with van der Waals surface area (Å²) in [5.41, 5.74) is 7.03. The first-order valence-electron chi connectivity index (χ1n) is 4.66. The molecule has 0 bridgehead atoms. The highest BCUT2D eigenvalue weighted by Crippen LogP contribution is 2.43. The Bertz CT molecular complexity index is 358. The zero-order valence-corrected chi connectivity index (χ0v) is 8.76. The van der Waals surface area contributed by atoms with Crippen LogP contribution in [-0.4, -0.2) is 16.9 Å². The van der Waals surface area contributed by atoms with E-state index in [1.54, 1.807) is 6.92 Å². The van der Waals surface area contributed by atoms with Crippen molar-refractivity contribution in [3.63, 3.8) is 0 Å². The Kier molecular flexibility index (Phi) is 2.41. The van der Waals surface area contributed by atoms with Gasteiger partial charge in [-0.15, -0.1) is 0 Å². The summed E-state index contributed by atoms with van der Waals surface area (Å²) in [6.45, 7) is 2.16. The smallest absolute Gasteiger partial charge is 0.343 e. The first-order chi connectivity index (χ1) is 6.74. The summed E-state index contributed by atoms with van der Waals surface area (Å²) < 4.78 is 9.13. The van der Waals surface area contributed by atoms with Gasteiger partial charge in [-0.3, -0.25) is 0 Å². The lowest BCUT2D eigenvalue weighted by Gasteiger charge is -2.01. The fourth-order valence-electron chi connectivity index (χ4n) is 1.36. The maximum atomic E-state index is 11.5. The van der Waals surface area contributed by atoms with Gasteiger partial charge < -0.3 is 10.5 Å². The molecule has 14 heavy (non-hydrogen) atoms. The van der Waals surface area contributed by atoms with Crippen LogP contribution in [-0.2, 0) is 4.74 Å². The average Bonchev–Trinajstić information content (AvgIpc) is 2.90. The van der Waals surface area contributed by atoms with Gasteiger partial charge in [0.2, 0.25) is 0 Å². The lowest BCUT2D eigenvalue weighted by atomic mass is 10.2. The minimum atomic E-state index is -0.333. The molecule has 1 heterocycles. The van der Waals surface area contributed by atoms with E-state index >= 15 is 0 Å². The predicted octanol–water partition coefficient (Wildman–Crippen LogP) is 1.78. The summed E-state index contributed by atoms with van der Waals surface area (Å²) in [5, 5.41) is 0.477. The Hall–Kier alpha value is -1.10. The molecule has 0 aromatic carbocycles. The number of aromatic nitrogens is 1. The van der Waals surface area contributed by atoms with Crippen molar-refractivity contribution in [2.75, 3.05) is 12.3 Å². The van der Waals surface area contributed by atoms with Crippen LogP contribution in [0.1, 0.15) is 41.7 Å². The van der Waals surface area contributed by atoms with E-state index in [4.69, 9.17) is 10.5 Å². The van der Waals surface area contributed by atoms with Crippen LogP contribution in [0, 0.1) is 0 Å². The standard InChI is InChI=1S/C9H12N2O2S/c1-2-13-9(12)6-7(5-3-4-5)11-14-8(6)10/h5H,2-4,10H2,1H3. The zero-order valence-electron chi connectivity index (χ0n) is 7.95. The molecule has 0 spiro atoms. The molecule has 76 valence electrons. The molecule has 0 aliphatic heterocycles. The molecular weight excluding hydrogens is 200 g/mol. The number of anilines is 1. The van der Waals surface area contributed by atoms with Gasteiger partial charge in [0.15, 0.2) is 0 Å². The van der Waals surface area contributed by atoms with Gasteiger partial charge in [-0.2, -0.15) is 4.37 Å². The van der Waals surface area contributed by atoms with Crippen molar-refractivity contribution in [2.45, 2.75) is 25.7 Å². The molecule has 2 N–H and O–H groups in total. The quantitative estimate of drug-likeness (QED) is 0.775. The number of nitrogens with two attached hydrogens (primary N) is 1. The molecule has 1 aliphatic rings. The van der Waals surface area contributed by atoms with Gasteiger partial charge in [0, 0.05) is 5.92 Å². The van der Waals surface area contributed by atoms with Crippen LogP contribution in [0.4, 0.5) is 5.00 Å². The summed E-state index contributed by atoms with van der Waals surface area (Å²) in [6.07, 6.45) is 2.21. The van der Waals surface area contributed by atoms with Crippen LogP contribution >= 0.6 is 11.5 Å². The summed E-state index contributed by atoms with van der Waals surface area (Å²) in [4.78, 5) is 11.5. The molecule has 1 saturated carbocycles. The summed E-state index contributed by atoms with van der Waals surface area (Å²) in [6, 6.07) is 0. The van der Waals surface area contributed by atoms with Crippen molar-refractivity contribution in [1.82, 2.24) is 4.37 Å². The lowest BCUT2D eigenvalue weighted by molar-refractivity contribution is 0.0526. The highest BCUT2D eigenvalue weighted by molar-refractivity contribution is 7.10. The maximum absolute atomic E-state index is 11.5. The second kappa shape index (κ2) is 3.57. The Labute approximate surface area is 86.2 Å². The van der Waals surface area contributed by atoms with E-state index in [2.05, 4.69) is 4.37 Å². The minimum absolute atomic E-state index is 0.333. The molecule has 0 saturated heterocycles. The van der Waals surface area contributed by atoms with E-state index in [-0.39, 0.29) is 5.97 Å². The SMILES string of the molecule is CCOC(=O)c1c(C2CC2)nsc1N. The maximum Gasteiger partial charge on any atom is 0.343 e. The molecule has 4 nitrogen and oxygen atoms in total. The molecule has 1 aromatic heterocycles. The van der Waals surface area contributed by atoms with E-state index in [0.29, 0.717) is 23.1 Å².